The van der Waals surface area contributed by atoms with Crippen molar-refractivity contribution in [1.82, 2.24) is 4.90 Å². The normalized spacial score (nSPS) is 26.8. The molecule has 2 aromatic rings. The third-order valence-corrected chi connectivity index (χ3v) is 8.23. The van der Waals surface area contributed by atoms with Gasteiger partial charge >= 0.3 is 0 Å². The third kappa shape index (κ3) is 3.65. The number of ketones is 2. The van der Waals surface area contributed by atoms with E-state index in [1.54, 1.807) is 20.2 Å². The Hall–Kier alpha value is -3.95. The van der Waals surface area contributed by atoms with Crippen molar-refractivity contribution in [2.24, 2.45) is 17.6 Å². The second-order valence-electron chi connectivity index (χ2n) is 10.5. The molecule has 2 aromatic carbocycles. The van der Waals surface area contributed by atoms with E-state index in [0.717, 1.165) is 17.5 Å². The maximum absolute atomic E-state index is 13.8. The molecule has 4 atom stereocenters. The zero-order valence-corrected chi connectivity index (χ0v) is 21.1. The van der Waals surface area contributed by atoms with Crippen molar-refractivity contribution in [1.29, 1.82) is 0 Å². The highest BCUT2D eigenvalue weighted by Gasteiger charge is 2.63. The maximum Gasteiger partial charge on any atom is 0.255 e. The molecule has 9 nitrogen and oxygen atoms in total. The summed E-state index contributed by atoms with van der Waals surface area (Å²) in [6.07, 6.45) is 1.70. The van der Waals surface area contributed by atoms with E-state index < -0.39 is 58.0 Å². The summed E-state index contributed by atoms with van der Waals surface area (Å²) in [6.45, 7) is 0. The molecule has 0 saturated carbocycles. The Labute approximate surface area is 219 Å². The summed E-state index contributed by atoms with van der Waals surface area (Å²) >= 11 is 0. The zero-order chi connectivity index (χ0) is 27.5. The van der Waals surface area contributed by atoms with Gasteiger partial charge in [-0.2, -0.15) is 0 Å². The lowest BCUT2D eigenvalue weighted by molar-refractivity contribution is -0.148. The first-order valence-corrected chi connectivity index (χ1v) is 12.5. The van der Waals surface area contributed by atoms with Crippen molar-refractivity contribution in [3.8, 4) is 5.75 Å². The Morgan fingerprint density at radius 1 is 1.05 bits per heavy atom. The summed E-state index contributed by atoms with van der Waals surface area (Å²) in [7, 11) is 3.21. The molecule has 3 aliphatic rings. The van der Waals surface area contributed by atoms with Crippen LogP contribution in [0.25, 0.3) is 0 Å². The average molecular weight is 519 g/mol. The van der Waals surface area contributed by atoms with Gasteiger partial charge in [0.2, 0.25) is 5.78 Å². The lowest BCUT2D eigenvalue weighted by Crippen LogP contribution is -2.63. The minimum Gasteiger partial charge on any atom is -0.510 e. The van der Waals surface area contributed by atoms with Gasteiger partial charge in [0.15, 0.2) is 11.4 Å². The number of aryl methyl sites for hydroxylation is 2. The number of hydrogen-bond acceptors (Lipinski definition) is 8. The van der Waals surface area contributed by atoms with Gasteiger partial charge in [0.1, 0.15) is 22.8 Å². The number of amides is 1. The number of phenols is 1. The number of primary amides is 1. The molecule has 5 rings (SSSR count). The van der Waals surface area contributed by atoms with Crippen LogP contribution in [0, 0.1) is 11.8 Å². The van der Waals surface area contributed by atoms with Crippen LogP contribution in [0.5, 0.6) is 5.75 Å². The summed E-state index contributed by atoms with van der Waals surface area (Å²) in [5.41, 5.74) is 4.47. The highest BCUT2D eigenvalue weighted by Crippen LogP contribution is 2.52. The SMILES string of the molecule is CN(C)[C@@H]1C(O)=C(C(N)=O)C(=O)[C@@]2(O)C(O)=C3C(=O)c4c(O)ccc(CCc5ccccc5)c4C[C@H]3C[C@@H]12. The molecule has 0 spiro atoms. The van der Waals surface area contributed by atoms with Crippen LogP contribution in [0.1, 0.15) is 33.5 Å². The lowest BCUT2D eigenvalue weighted by atomic mass is 9.58. The highest BCUT2D eigenvalue weighted by molar-refractivity contribution is 6.24. The summed E-state index contributed by atoms with van der Waals surface area (Å²) < 4.78 is 0. The quantitative estimate of drug-likeness (QED) is 0.375. The van der Waals surface area contributed by atoms with Crippen LogP contribution in [0.15, 0.2) is 65.1 Å². The fourth-order valence-electron chi connectivity index (χ4n) is 6.47. The van der Waals surface area contributed by atoms with E-state index in [-0.39, 0.29) is 29.7 Å². The van der Waals surface area contributed by atoms with Gasteiger partial charge in [0.05, 0.1) is 11.6 Å². The molecule has 0 fully saturated rings. The first-order chi connectivity index (χ1) is 18.0. The predicted octanol–water partition coefficient (Wildman–Crippen LogP) is 1.91. The number of hydrogen-bond donors (Lipinski definition) is 5. The van der Waals surface area contributed by atoms with Gasteiger partial charge in [-0.15, -0.1) is 0 Å². The maximum atomic E-state index is 13.8. The summed E-state index contributed by atoms with van der Waals surface area (Å²) in [5.74, 6) is -6.47. The predicted molar refractivity (Wildman–Crippen MR) is 138 cm³/mol. The standard InChI is InChI=1S/C29H30N2O7/c1-31(2)23-18-13-16-12-17-15(9-8-14-6-4-3-5-7-14)10-11-19(32)21(17)24(33)20(16)26(35)29(18,38)27(36)22(25(23)34)28(30)37/h3-7,10-11,16,18,23,32,34-35,38H,8-9,12-13H2,1-2H3,(H2,30,37)/t16-,18-,23-,29-/m0/s1. The van der Waals surface area contributed by atoms with Gasteiger partial charge in [0, 0.05) is 11.5 Å². The van der Waals surface area contributed by atoms with E-state index in [0.29, 0.717) is 12.0 Å². The van der Waals surface area contributed by atoms with E-state index in [9.17, 15) is 34.8 Å². The number of carbonyl (C=O) groups is 3. The minimum absolute atomic E-state index is 0.0383. The molecule has 0 aliphatic heterocycles. The number of allylic oxidation sites excluding steroid dienone is 1. The Morgan fingerprint density at radius 3 is 2.37 bits per heavy atom. The Bertz CT molecular complexity index is 1430. The molecule has 0 radical (unpaired) electrons. The first-order valence-electron chi connectivity index (χ1n) is 12.5. The second kappa shape index (κ2) is 9.11. The highest BCUT2D eigenvalue weighted by atomic mass is 16.3. The van der Waals surface area contributed by atoms with Crippen LogP contribution in [-0.2, 0) is 28.9 Å². The van der Waals surface area contributed by atoms with Crippen LogP contribution >= 0.6 is 0 Å². The number of aliphatic hydroxyl groups is 3. The molecule has 0 unspecified atom stereocenters. The zero-order valence-electron chi connectivity index (χ0n) is 21.1. The summed E-state index contributed by atoms with van der Waals surface area (Å²) in [4.78, 5) is 40.7. The van der Waals surface area contributed by atoms with E-state index in [1.165, 1.54) is 11.0 Å². The topological polar surface area (TPSA) is 161 Å². The van der Waals surface area contributed by atoms with E-state index >= 15 is 0 Å². The van der Waals surface area contributed by atoms with Crippen LogP contribution < -0.4 is 5.73 Å². The number of rotatable bonds is 5. The summed E-state index contributed by atoms with van der Waals surface area (Å²) in [5, 5.41) is 44.5. The van der Waals surface area contributed by atoms with Crippen LogP contribution in [0.3, 0.4) is 0 Å². The van der Waals surface area contributed by atoms with E-state index in [2.05, 4.69) is 0 Å². The summed E-state index contributed by atoms with van der Waals surface area (Å²) in [6, 6.07) is 12.1. The molecule has 38 heavy (non-hydrogen) atoms. The van der Waals surface area contributed by atoms with Gasteiger partial charge < -0.3 is 26.2 Å². The van der Waals surface area contributed by atoms with Crippen LogP contribution in [0.4, 0.5) is 0 Å². The number of carbonyl (C=O) groups excluding carboxylic acids is 3. The molecule has 1 amide bonds. The third-order valence-electron chi connectivity index (χ3n) is 8.23. The Morgan fingerprint density at radius 2 is 1.74 bits per heavy atom. The van der Waals surface area contributed by atoms with Gasteiger partial charge in [-0.25, -0.2) is 0 Å². The molecular weight excluding hydrogens is 488 g/mol. The molecule has 0 aromatic heterocycles. The molecule has 0 saturated heterocycles. The second-order valence-corrected chi connectivity index (χ2v) is 10.5. The molecule has 3 aliphatic carbocycles. The molecule has 6 N–H and O–H groups in total. The first kappa shape index (κ1) is 25.7. The number of aromatic hydroxyl groups is 1. The van der Waals surface area contributed by atoms with Gasteiger partial charge in [-0.3, -0.25) is 19.3 Å². The van der Waals surface area contributed by atoms with Crippen molar-refractivity contribution in [3.05, 3.63) is 87.4 Å². The Kier molecular flexibility index (Phi) is 6.16. The van der Waals surface area contributed by atoms with Gasteiger partial charge in [-0.05, 0) is 68.5 Å². The van der Waals surface area contributed by atoms with Crippen molar-refractivity contribution in [2.75, 3.05) is 14.1 Å². The number of likely N-dealkylation sites (N-methyl/N-ethyl adjacent to an activating group) is 1. The average Bonchev–Trinajstić information content (AvgIpc) is 2.86. The van der Waals surface area contributed by atoms with Crippen molar-refractivity contribution >= 4 is 17.5 Å². The van der Waals surface area contributed by atoms with Gasteiger partial charge in [-0.1, -0.05) is 36.4 Å². The Balaban J connectivity index is 1.62. The number of phenolic OH excluding ortho intramolecular Hbond substituents is 1. The lowest BCUT2D eigenvalue weighted by Gasteiger charge is -2.50. The number of benzene rings is 2. The van der Waals surface area contributed by atoms with Crippen LogP contribution in [-0.4, -0.2) is 68.5 Å². The number of nitrogens with two attached hydrogens (primary N) is 1. The van der Waals surface area contributed by atoms with Crippen molar-refractivity contribution in [2.45, 2.75) is 37.3 Å². The van der Waals surface area contributed by atoms with E-state index in [4.69, 9.17) is 5.73 Å². The van der Waals surface area contributed by atoms with Crippen molar-refractivity contribution < 1.29 is 34.8 Å². The number of aliphatic hydroxyl groups excluding tert-OH is 2. The smallest absolute Gasteiger partial charge is 0.255 e. The molecular formula is C29H30N2O7. The fourth-order valence-corrected chi connectivity index (χ4v) is 6.47. The molecule has 0 bridgehead atoms. The number of Topliss-reactive ketones (excluding diaryl/α,β-unsaturated/α-hetero) is 2. The van der Waals surface area contributed by atoms with Crippen LogP contribution in [0.2, 0.25) is 0 Å². The number of fused-ring (bicyclic) bond motifs is 3. The molecule has 9 heteroatoms. The molecule has 0 heterocycles. The number of nitrogens with zero attached hydrogens (tertiary/aromatic N) is 1. The minimum atomic E-state index is -2.63. The van der Waals surface area contributed by atoms with E-state index in [1.807, 2.05) is 30.3 Å². The monoisotopic (exact) mass is 518 g/mol. The largest absolute Gasteiger partial charge is 0.510 e. The van der Waals surface area contributed by atoms with Crippen molar-refractivity contribution in [3.63, 3.8) is 0 Å². The van der Waals surface area contributed by atoms with Gasteiger partial charge in [0.25, 0.3) is 5.91 Å². The molecule has 198 valence electrons. The fraction of sp³-hybridized carbons (Fsp3) is 0.345.